The summed E-state index contributed by atoms with van der Waals surface area (Å²) in [4.78, 5) is 6.03. The number of aromatic nitrogens is 1. The van der Waals surface area contributed by atoms with E-state index in [9.17, 15) is 0 Å². The Morgan fingerprint density at radius 3 is 3.00 bits per heavy atom. The van der Waals surface area contributed by atoms with Crippen LogP contribution in [0.25, 0.3) is 0 Å². The number of anilines is 1. The third-order valence-electron chi connectivity index (χ3n) is 1.86. The van der Waals surface area contributed by atoms with Crippen LogP contribution in [0.3, 0.4) is 0 Å². The van der Waals surface area contributed by atoms with E-state index in [4.69, 9.17) is 5.26 Å². The fraction of sp³-hybridized carbons (Fsp3) is 0.400. The van der Waals surface area contributed by atoms with Crippen molar-refractivity contribution in [3.8, 4) is 6.07 Å². The molecule has 0 atom stereocenters. The highest BCUT2D eigenvalue weighted by atomic mass is 15.1. The summed E-state index contributed by atoms with van der Waals surface area (Å²) in [5.41, 5.74) is 1.52. The fourth-order valence-electron chi connectivity index (χ4n) is 1.18. The first-order chi connectivity index (χ1) is 6.27. The second-order valence-corrected chi connectivity index (χ2v) is 2.93. The lowest BCUT2D eigenvalue weighted by Gasteiger charge is -2.17. The quantitative estimate of drug-likeness (QED) is 0.703. The second kappa shape index (κ2) is 4.46. The molecular formula is C10H13N3. The van der Waals surface area contributed by atoms with Crippen LogP contribution in [-0.2, 0) is 0 Å². The van der Waals surface area contributed by atoms with Gasteiger partial charge in [-0.25, -0.2) is 4.98 Å². The van der Waals surface area contributed by atoms with E-state index >= 15 is 0 Å². The Morgan fingerprint density at radius 2 is 2.38 bits per heavy atom. The second-order valence-electron chi connectivity index (χ2n) is 2.93. The van der Waals surface area contributed by atoms with Crippen LogP contribution in [0.4, 0.5) is 5.69 Å². The van der Waals surface area contributed by atoms with Crippen molar-refractivity contribution in [3.63, 3.8) is 0 Å². The third-order valence-corrected chi connectivity index (χ3v) is 1.86. The summed E-state index contributed by atoms with van der Waals surface area (Å²) >= 11 is 0. The summed E-state index contributed by atoms with van der Waals surface area (Å²) in [6, 6.07) is 5.74. The van der Waals surface area contributed by atoms with Gasteiger partial charge in [0.05, 0.1) is 0 Å². The van der Waals surface area contributed by atoms with Crippen molar-refractivity contribution in [2.45, 2.75) is 13.3 Å². The summed E-state index contributed by atoms with van der Waals surface area (Å²) in [5.74, 6) is 0. The highest BCUT2D eigenvalue weighted by Gasteiger charge is 2.00. The highest BCUT2D eigenvalue weighted by molar-refractivity contribution is 5.47. The van der Waals surface area contributed by atoms with Crippen LogP contribution in [0.5, 0.6) is 0 Å². The van der Waals surface area contributed by atoms with Gasteiger partial charge >= 0.3 is 0 Å². The van der Waals surface area contributed by atoms with Crippen molar-refractivity contribution in [1.82, 2.24) is 4.98 Å². The van der Waals surface area contributed by atoms with Gasteiger partial charge in [0.15, 0.2) is 0 Å². The number of nitriles is 1. The monoisotopic (exact) mass is 175 g/mol. The van der Waals surface area contributed by atoms with E-state index < -0.39 is 0 Å². The van der Waals surface area contributed by atoms with Crippen molar-refractivity contribution >= 4 is 5.69 Å². The molecule has 1 aromatic heterocycles. The van der Waals surface area contributed by atoms with Gasteiger partial charge < -0.3 is 4.90 Å². The minimum Gasteiger partial charge on any atom is -0.374 e. The maximum Gasteiger partial charge on any atom is 0.142 e. The molecule has 0 fully saturated rings. The van der Waals surface area contributed by atoms with Crippen molar-refractivity contribution in [2.24, 2.45) is 0 Å². The number of hydrogen-bond acceptors (Lipinski definition) is 3. The number of pyridine rings is 1. The van der Waals surface area contributed by atoms with Crippen LogP contribution in [0.1, 0.15) is 19.0 Å². The van der Waals surface area contributed by atoms with E-state index in [-0.39, 0.29) is 0 Å². The van der Waals surface area contributed by atoms with Crippen LogP contribution in [-0.4, -0.2) is 18.6 Å². The summed E-state index contributed by atoms with van der Waals surface area (Å²) in [6.45, 7) is 3.12. The molecule has 68 valence electrons. The average Bonchev–Trinajstić information content (AvgIpc) is 2.18. The van der Waals surface area contributed by atoms with E-state index in [1.807, 2.05) is 19.2 Å². The molecule has 3 heteroatoms. The normalized spacial score (nSPS) is 9.31. The molecule has 0 amide bonds. The minimum absolute atomic E-state index is 0.473. The van der Waals surface area contributed by atoms with E-state index in [2.05, 4.69) is 16.8 Å². The van der Waals surface area contributed by atoms with Crippen LogP contribution in [0.15, 0.2) is 18.3 Å². The molecule has 0 saturated carbocycles. The Balaban J connectivity index is 2.83. The molecule has 0 spiro atoms. The molecule has 1 heterocycles. The van der Waals surface area contributed by atoms with E-state index in [0.717, 1.165) is 18.7 Å². The SMILES string of the molecule is CCCN(C)c1ccnc(C#N)c1. The van der Waals surface area contributed by atoms with Crippen molar-refractivity contribution in [3.05, 3.63) is 24.0 Å². The maximum absolute atomic E-state index is 8.64. The molecule has 0 bridgehead atoms. The standard InChI is InChI=1S/C10H13N3/c1-3-6-13(2)10-4-5-12-9(7-10)8-11/h4-5,7H,3,6H2,1-2H3. The van der Waals surface area contributed by atoms with E-state index in [1.165, 1.54) is 0 Å². The van der Waals surface area contributed by atoms with Crippen LogP contribution in [0, 0.1) is 11.3 Å². The van der Waals surface area contributed by atoms with Gasteiger partial charge in [0.1, 0.15) is 11.8 Å². The van der Waals surface area contributed by atoms with Crippen molar-refractivity contribution < 1.29 is 0 Å². The molecule has 0 aromatic carbocycles. The maximum atomic E-state index is 8.64. The molecule has 3 nitrogen and oxygen atoms in total. The molecule has 0 aliphatic rings. The molecule has 0 saturated heterocycles. The predicted octanol–water partition coefficient (Wildman–Crippen LogP) is 1.80. The first kappa shape index (κ1) is 9.53. The lowest BCUT2D eigenvalue weighted by Crippen LogP contribution is -2.17. The van der Waals surface area contributed by atoms with Gasteiger partial charge in [-0.15, -0.1) is 0 Å². The first-order valence-electron chi connectivity index (χ1n) is 4.35. The van der Waals surface area contributed by atoms with Gasteiger partial charge in [-0.1, -0.05) is 6.92 Å². The summed E-state index contributed by atoms with van der Waals surface area (Å²) in [5, 5.41) is 8.64. The van der Waals surface area contributed by atoms with Gasteiger partial charge in [-0.2, -0.15) is 5.26 Å². The van der Waals surface area contributed by atoms with Gasteiger partial charge in [-0.05, 0) is 18.6 Å². The summed E-state index contributed by atoms with van der Waals surface area (Å²) in [6.07, 6.45) is 2.76. The zero-order chi connectivity index (χ0) is 9.68. The Bertz CT molecular complexity index is 314. The number of nitrogens with zero attached hydrogens (tertiary/aromatic N) is 3. The lowest BCUT2D eigenvalue weighted by molar-refractivity contribution is 0.851. The zero-order valence-corrected chi connectivity index (χ0v) is 7.99. The molecule has 1 rings (SSSR count). The van der Waals surface area contributed by atoms with E-state index in [0.29, 0.717) is 5.69 Å². The Labute approximate surface area is 78.6 Å². The molecule has 1 aromatic rings. The minimum atomic E-state index is 0.473. The molecule has 0 aliphatic carbocycles. The van der Waals surface area contributed by atoms with Gasteiger partial charge in [0.2, 0.25) is 0 Å². The molecule has 0 N–H and O–H groups in total. The summed E-state index contributed by atoms with van der Waals surface area (Å²) < 4.78 is 0. The molecule has 13 heavy (non-hydrogen) atoms. The molecule has 0 aliphatic heterocycles. The van der Waals surface area contributed by atoms with Crippen LogP contribution in [0.2, 0.25) is 0 Å². The highest BCUT2D eigenvalue weighted by Crippen LogP contribution is 2.12. The van der Waals surface area contributed by atoms with Gasteiger partial charge in [-0.3, -0.25) is 0 Å². The third kappa shape index (κ3) is 2.45. The zero-order valence-electron chi connectivity index (χ0n) is 7.99. The lowest BCUT2D eigenvalue weighted by atomic mass is 10.3. The predicted molar refractivity (Wildman–Crippen MR) is 52.5 cm³/mol. The fourth-order valence-corrected chi connectivity index (χ4v) is 1.18. The Morgan fingerprint density at radius 1 is 1.62 bits per heavy atom. The topological polar surface area (TPSA) is 39.9 Å². The summed E-state index contributed by atoms with van der Waals surface area (Å²) in [7, 11) is 2.01. The molecule has 0 radical (unpaired) electrons. The average molecular weight is 175 g/mol. The number of hydrogen-bond donors (Lipinski definition) is 0. The van der Waals surface area contributed by atoms with Crippen LogP contribution < -0.4 is 4.90 Å². The number of rotatable bonds is 3. The van der Waals surface area contributed by atoms with Crippen molar-refractivity contribution in [1.29, 1.82) is 5.26 Å². The molecule has 0 unspecified atom stereocenters. The largest absolute Gasteiger partial charge is 0.374 e. The van der Waals surface area contributed by atoms with Gasteiger partial charge in [0.25, 0.3) is 0 Å². The van der Waals surface area contributed by atoms with Crippen molar-refractivity contribution in [2.75, 3.05) is 18.5 Å². The Hall–Kier alpha value is -1.56. The first-order valence-corrected chi connectivity index (χ1v) is 4.35. The smallest absolute Gasteiger partial charge is 0.142 e. The molecular weight excluding hydrogens is 162 g/mol. The Kier molecular flexibility index (Phi) is 3.27. The van der Waals surface area contributed by atoms with E-state index in [1.54, 1.807) is 12.3 Å². The van der Waals surface area contributed by atoms with Crippen LogP contribution >= 0.6 is 0 Å². The van der Waals surface area contributed by atoms with Gasteiger partial charge in [0, 0.05) is 25.5 Å².